The minimum Gasteiger partial charge on any atom is -0.483 e. The lowest BCUT2D eigenvalue weighted by Crippen LogP contribution is -2.32. The first-order chi connectivity index (χ1) is 16.1. The van der Waals surface area contributed by atoms with Crippen LogP contribution in [0.4, 0.5) is 17.1 Å². The fourth-order valence-corrected chi connectivity index (χ4v) is 3.86. The van der Waals surface area contributed by atoms with Crippen LogP contribution in [-0.4, -0.2) is 31.5 Å². The van der Waals surface area contributed by atoms with Crippen LogP contribution in [0.5, 0.6) is 5.75 Å². The maximum absolute atomic E-state index is 12.7. The number of para-hydroxylation sites is 2. The Kier molecular flexibility index (Phi) is 7.25. The van der Waals surface area contributed by atoms with Crippen molar-refractivity contribution in [1.29, 1.82) is 0 Å². The maximum Gasteiger partial charge on any atom is 0.262 e. The van der Waals surface area contributed by atoms with Crippen molar-refractivity contribution in [2.75, 3.05) is 35.2 Å². The van der Waals surface area contributed by atoms with Gasteiger partial charge in [-0.2, -0.15) is 0 Å². The number of carbonyl (C=O) groups excluding carboxylic acids is 2. The zero-order valence-electron chi connectivity index (χ0n) is 18.8. The molecule has 2 amide bonds. The largest absolute Gasteiger partial charge is 0.483 e. The highest BCUT2D eigenvalue weighted by Crippen LogP contribution is 2.24. The number of hydrogen-bond acceptors (Lipinski definition) is 4. The highest BCUT2D eigenvalue weighted by atomic mass is 16.5. The van der Waals surface area contributed by atoms with Crippen LogP contribution < -0.4 is 20.3 Å². The normalized spacial score (nSPS) is 13.9. The van der Waals surface area contributed by atoms with E-state index in [0.29, 0.717) is 22.7 Å². The third-order valence-electron chi connectivity index (χ3n) is 5.82. The molecule has 1 aliphatic rings. The Bertz CT molecular complexity index is 1080. The van der Waals surface area contributed by atoms with Crippen molar-refractivity contribution < 1.29 is 14.3 Å². The van der Waals surface area contributed by atoms with Crippen molar-refractivity contribution in [2.45, 2.75) is 19.8 Å². The molecule has 33 heavy (non-hydrogen) atoms. The van der Waals surface area contributed by atoms with E-state index in [9.17, 15) is 9.59 Å². The molecule has 0 radical (unpaired) electrons. The van der Waals surface area contributed by atoms with Crippen LogP contribution in [0.15, 0.2) is 78.9 Å². The number of anilines is 3. The summed E-state index contributed by atoms with van der Waals surface area (Å²) in [5, 5.41) is 5.69. The van der Waals surface area contributed by atoms with Gasteiger partial charge in [0.1, 0.15) is 5.75 Å². The van der Waals surface area contributed by atoms with Gasteiger partial charge in [0.15, 0.2) is 6.61 Å². The van der Waals surface area contributed by atoms with Crippen LogP contribution in [0, 0.1) is 5.92 Å². The quantitative estimate of drug-likeness (QED) is 0.527. The Balaban J connectivity index is 1.31. The topological polar surface area (TPSA) is 70.7 Å². The van der Waals surface area contributed by atoms with Gasteiger partial charge >= 0.3 is 0 Å². The molecular formula is C27H29N3O3. The Morgan fingerprint density at radius 2 is 1.48 bits per heavy atom. The first-order valence-corrected chi connectivity index (χ1v) is 11.3. The maximum atomic E-state index is 12.7. The molecule has 3 aromatic rings. The second-order valence-corrected chi connectivity index (χ2v) is 8.37. The third kappa shape index (κ3) is 6.13. The Labute approximate surface area is 194 Å². The average Bonchev–Trinajstić information content (AvgIpc) is 2.84. The van der Waals surface area contributed by atoms with Gasteiger partial charge in [-0.05, 0) is 67.3 Å². The smallest absolute Gasteiger partial charge is 0.262 e. The zero-order valence-corrected chi connectivity index (χ0v) is 18.8. The van der Waals surface area contributed by atoms with E-state index in [1.807, 2.05) is 54.6 Å². The first kappa shape index (κ1) is 22.4. The molecule has 3 aromatic carbocycles. The van der Waals surface area contributed by atoms with Crippen LogP contribution >= 0.6 is 0 Å². The molecule has 1 heterocycles. The highest BCUT2D eigenvalue weighted by molar-refractivity contribution is 6.06. The van der Waals surface area contributed by atoms with Crippen LogP contribution in [0.25, 0.3) is 0 Å². The Morgan fingerprint density at radius 1 is 0.848 bits per heavy atom. The van der Waals surface area contributed by atoms with Crippen LogP contribution in [0.1, 0.15) is 30.1 Å². The summed E-state index contributed by atoms with van der Waals surface area (Å²) in [6.45, 7) is 4.24. The molecule has 0 spiro atoms. The van der Waals surface area contributed by atoms with E-state index in [1.54, 1.807) is 24.3 Å². The monoisotopic (exact) mass is 443 g/mol. The van der Waals surface area contributed by atoms with Crippen LogP contribution in [0.3, 0.4) is 0 Å². The van der Waals surface area contributed by atoms with E-state index in [4.69, 9.17) is 4.74 Å². The van der Waals surface area contributed by atoms with Gasteiger partial charge in [-0.15, -0.1) is 0 Å². The van der Waals surface area contributed by atoms with Gasteiger partial charge in [0, 0.05) is 30.2 Å². The van der Waals surface area contributed by atoms with Gasteiger partial charge in [-0.1, -0.05) is 37.3 Å². The van der Waals surface area contributed by atoms with Crippen molar-refractivity contribution in [1.82, 2.24) is 0 Å². The molecule has 1 aliphatic heterocycles. The number of nitrogens with one attached hydrogen (secondary N) is 2. The molecule has 0 atom stereocenters. The van der Waals surface area contributed by atoms with Gasteiger partial charge in [0.2, 0.25) is 0 Å². The van der Waals surface area contributed by atoms with Crippen molar-refractivity contribution in [3.05, 3.63) is 84.4 Å². The van der Waals surface area contributed by atoms with Gasteiger partial charge < -0.3 is 20.3 Å². The van der Waals surface area contributed by atoms with Gasteiger partial charge in [0.25, 0.3) is 11.8 Å². The fourth-order valence-electron chi connectivity index (χ4n) is 3.86. The van der Waals surface area contributed by atoms with Gasteiger partial charge in [0.05, 0.1) is 5.56 Å². The molecular weight excluding hydrogens is 414 g/mol. The lowest BCUT2D eigenvalue weighted by Gasteiger charge is -2.32. The first-order valence-electron chi connectivity index (χ1n) is 11.3. The Morgan fingerprint density at radius 3 is 2.21 bits per heavy atom. The van der Waals surface area contributed by atoms with E-state index in [-0.39, 0.29) is 18.4 Å². The van der Waals surface area contributed by atoms with Crippen LogP contribution in [-0.2, 0) is 4.79 Å². The van der Waals surface area contributed by atoms with E-state index in [2.05, 4.69) is 22.5 Å². The number of amides is 2. The summed E-state index contributed by atoms with van der Waals surface area (Å²) in [6, 6.07) is 24.0. The van der Waals surface area contributed by atoms with Crippen molar-refractivity contribution in [3.8, 4) is 5.75 Å². The third-order valence-corrected chi connectivity index (χ3v) is 5.82. The molecule has 0 unspecified atom stereocenters. The summed E-state index contributed by atoms with van der Waals surface area (Å²) >= 11 is 0. The number of carbonyl (C=O) groups is 2. The molecule has 0 saturated carbocycles. The summed E-state index contributed by atoms with van der Waals surface area (Å²) in [5.41, 5.74) is 2.95. The molecule has 2 N–H and O–H groups in total. The lowest BCUT2D eigenvalue weighted by molar-refractivity contribution is -0.118. The Hall–Kier alpha value is -3.80. The summed E-state index contributed by atoms with van der Waals surface area (Å²) in [7, 11) is 0. The molecule has 0 bridgehead atoms. The lowest BCUT2D eigenvalue weighted by atomic mass is 9.99. The predicted molar refractivity (Wildman–Crippen MR) is 132 cm³/mol. The van der Waals surface area contributed by atoms with Crippen molar-refractivity contribution in [2.24, 2.45) is 5.92 Å². The molecule has 170 valence electrons. The molecule has 1 saturated heterocycles. The van der Waals surface area contributed by atoms with Crippen LogP contribution in [0.2, 0.25) is 0 Å². The standard InChI is InChI=1S/C27H29N3O3/c1-20-15-17-30(18-16-20)23-13-11-22(12-14-23)28-26(31)19-33-25-10-6-5-9-24(25)27(32)29-21-7-3-2-4-8-21/h2-14,20H,15-19H2,1H3,(H,28,31)(H,29,32). The fraction of sp³-hybridized carbons (Fsp3) is 0.259. The molecule has 1 fully saturated rings. The SMILES string of the molecule is CC1CCN(c2ccc(NC(=O)COc3ccccc3C(=O)Nc3ccccc3)cc2)CC1. The summed E-state index contributed by atoms with van der Waals surface area (Å²) in [4.78, 5) is 27.5. The summed E-state index contributed by atoms with van der Waals surface area (Å²) < 4.78 is 5.68. The molecule has 4 rings (SSSR count). The minimum atomic E-state index is -0.292. The average molecular weight is 444 g/mol. The van der Waals surface area contributed by atoms with E-state index < -0.39 is 0 Å². The number of ether oxygens (including phenoxy) is 1. The van der Waals surface area contributed by atoms with Gasteiger partial charge in [-0.3, -0.25) is 9.59 Å². The minimum absolute atomic E-state index is 0.193. The zero-order chi connectivity index (χ0) is 23.0. The molecule has 0 aliphatic carbocycles. The molecule has 6 nitrogen and oxygen atoms in total. The number of benzene rings is 3. The van der Waals surface area contributed by atoms with E-state index in [0.717, 1.165) is 19.0 Å². The number of nitrogens with zero attached hydrogens (tertiary/aromatic N) is 1. The highest BCUT2D eigenvalue weighted by Gasteiger charge is 2.16. The summed E-state index contributed by atoms with van der Waals surface area (Å²) in [6.07, 6.45) is 2.42. The van der Waals surface area contributed by atoms with E-state index >= 15 is 0 Å². The number of hydrogen-bond donors (Lipinski definition) is 2. The van der Waals surface area contributed by atoms with Crippen molar-refractivity contribution in [3.63, 3.8) is 0 Å². The van der Waals surface area contributed by atoms with Crippen molar-refractivity contribution >= 4 is 28.9 Å². The number of rotatable bonds is 7. The summed E-state index contributed by atoms with van der Waals surface area (Å²) in [5.74, 6) is 0.567. The number of piperidine rings is 1. The molecule has 0 aromatic heterocycles. The predicted octanol–water partition coefficient (Wildman–Crippen LogP) is 5.19. The van der Waals surface area contributed by atoms with Gasteiger partial charge in [-0.25, -0.2) is 0 Å². The van der Waals surface area contributed by atoms with E-state index in [1.165, 1.54) is 18.5 Å². The second kappa shape index (κ2) is 10.7. The second-order valence-electron chi connectivity index (χ2n) is 8.37. The molecule has 6 heteroatoms.